The number of carbonyl (C=O) groups is 2. The second-order valence-corrected chi connectivity index (χ2v) is 5.05. The van der Waals surface area contributed by atoms with Crippen molar-refractivity contribution in [2.75, 3.05) is 17.2 Å². The van der Waals surface area contributed by atoms with Gasteiger partial charge in [-0.25, -0.2) is 0 Å². The van der Waals surface area contributed by atoms with Gasteiger partial charge in [0, 0.05) is 29.9 Å². The van der Waals surface area contributed by atoms with E-state index in [1.807, 2.05) is 31.2 Å². The average Bonchev–Trinajstić information content (AvgIpc) is 2.56. The van der Waals surface area contributed by atoms with Crippen LogP contribution in [0.3, 0.4) is 0 Å². The van der Waals surface area contributed by atoms with E-state index < -0.39 is 0 Å². The molecule has 2 N–H and O–H groups in total. The Morgan fingerprint density at radius 3 is 2.25 bits per heavy atom. The van der Waals surface area contributed by atoms with Crippen molar-refractivity contribution in [1.82, 2.24) is 0 Å². The molecule has 124 valence electrons. The standard InChI is InChI=1S/C19H20N2O3/c1-3-24-18-7-5-4-6-15(18)8-13-19(23)21-17-11-9-16(10-12-17)20-14(2)22/h4-13H,3H2,1-2H3,(H,20,22)(H,21,23)/b13-8+. The van der Waals surface area contributed by atoms with Gasteiger partial charge in [0.2, 0.25) is 11.8 Å². The molecule has 24 heavy (non-hydrogen) atoms. The fourth-order valence-electron chi connectivity index (χ4n) is 2.09. The van der Waals surface area contributed by atoms with E-state index in [-0.39, 0.29) is 11.8 Å². The number of rotatable bonds is 6. The van der Waals surface area contributed by atoms with E-state index >= 15 is 0 Å². The SMILES string of the molecule is CCOc1ccccc1/C=C/C(=O)Nc1ccc(NC(C)=O)cc1. The molecule has 2 aromatic rings. The summed E-state index contributed by atoms with van der Waals surface area (Å²) >= 11 is 0. The zero-order valence-electron chi connectivity index (χ0n) is 13.7. The minimum atomic E-state index is -0.242. The van der Waals surface area contributed by atoms with Crippen molar-refractivity contribution in [2.24, 2.45) is 0 Å². The summed E-state index contributed by atoms with van der Waals surface area (Å²) in [6, 6.07) is 14.4. The number of hydrogen-bond donors (Lipinski definition) is 2. The highest BCUT2D eigenvalue weighted by Crippen LogP contribution is 2.19. The van der Waals surface area contributed by atoms with Crippen LogP contribution in [0.5, 0.6) is 5.75 Å². The van der Waals surface area contributed by atoms with Crippen LogP contribution in [0.4, 0.5) is 11.4 Å². The molecule has 0 radical (unpaired) electrons. The Kier molecular flexibility index (Phi) is 6.14. The van der Waals surface area contributed by atoms with Crippen LogP contribution in [-0.4, -0.2) is 18.4 Å². The van der Waals surface area contributed by atoms with Crippen LogP contribution in [-0.2, 0) is 9.59 Å². The lowest BCUT2D eigenvalue weighted by Crippen LogP contribution is -2.08. The highest BCUT2D eigenvalue weighted by Gasteiger charge is 2.02. The van der Waals surface area contributed by atoms with Crippen LogP contribution in [0, 0.1) is 0 Å². The summed E-state index contributed by atoms with van der Waals surface area (Å²) in [5, 5.41) is 5.44. The maximum atomic E-state index is 12.0. The number of anilines is 2. The van der Waals surface area contributed by atoms with Gasteiger partial charge in [-0.15, -0.1) is 0 Å². The van der Waals surface area contributed by atoms with Crippen molar-refractivity contribution in [1.29, 1.82) is 0 Å². The molecular formula is C19H20N2O3. The van der Waals surface area contributed by atoms with Crippen molar-refractivity contribution < 1.29 is 14.3 Å². The molecule has 0 aromatic heterocycles. The Labute approximate surface area is 141 Å². The zero-order chi connectivity index (χ0) is 17.4. The molecule has 0 heterocycles. The molecule has 2 amide bonds. The molecule has 0 aliphatic rings. The lowest BCUT2D eigenvalue weighted by Gasteiger charge is -2.07. The molecular weight excluding hydrogens is 304 g/mol. The summed E-state index contributed by atoms with van der Waals surface area (Å²) in [6.45, 7) is 3.93. The Hall–Kier alpha value is -3.08. The highest BCUT2D eigenvalue weighted by molar-refractivity contribution is 6.02. The van der Waals surface area contributed by atoms with Crippen molar-refractivity contribution in [3.8, 4) is 5.75 Å². The first-order valence-corrected chi connectivity index (χ1v) is 7.67. The first-order valence-electron chi connectivity index (χ1n) is 7.67. The molecule has 0 saturated heterocycles. The number of amides is 2. The number of carbonyl (C=O) groups excluding carboxylic acids is 2. The van der Waals surface area contributed by atoms with Gasteiger partial charge in [-0.3, -0.25) is 9.59 Å². The molecule has 0 unspecified atom stereocenters. The van der Waals surface area contributed by atoms with E-state index in [2.05, 4.69) is 10.6 Å². The van der Waals surface area contributed by atoms with E-state index in [1.54, 1.807) is 30.3 Å². The molecule has 0 aliphatic carbocycles. The van der Waals surface area contributed by atoms with Gasteiger partial charge < -0.3 is 15.4 Å². The monoisotopic (exact) mass is 324 g/mol. The van der Waals surface area contributed by atoms with Crippen LogP contribution >= 0.6 is 0 Å². The fourth-order valence-corrected chi connectivity index (χ4v) is 2.09. The van der Waals surface area contributed by atoms with Crippen LogP contribution in [0.15, 0.2) is 54.6 Å². The predicted molar refractivity (Wildman–Crippen MR) is 96.0 cm³/mol. The van der Waals surface area contributed by atoms with Crippen molar-refractivity contribution in [3.05, 3.63) is 60.2 Å². The van der Waals surface area contributed by atoms with Gasteiger partial charge in [0.15, 0.2) is 0 Å². The van der Waals surface area contributed by atoms with E-state index in [4.69, 9.17) is 4.74 Å². The van der Waals surface area contributed by atoms with E-state index in [0.29, 0.717) is 18.0 Å². The van der Waals surface area contributed by atoms with Crippen LogP contribution in [0.25, 0.3) is 6.08 Å². The number of ether oxygens (including phenoxy) is 1. The van der Waals surface area contributed by atoms with E-state index in [0.717, 1.165) is 11.3 Å². The third-order valence-corrected chi connectivity index (χ3v) is 3.11. The lowest BCUT2D eigenvalue weighted by atomic mass is 10.2. The molecule has 5 nitrogen and oxygen atoms in total. The molecule has 0 fully saturated rings. The smallest absolute Gasteiger partial charge is 0.248 e. The Bertz CT molecular complexity index is 737. The molecule has 0 saturated carbocycles. The van der Waals surface area contributed by atoms with Gasteiger partial charge in [-0.1, -0.05) is 18.2 Å². The predicted octanol–water partition coefficient (Wildman–Crippen LogP) is 3.70. The molecule has 0 spiro atoms. The van der Waals surface area contributed by atoms with Crippen LogP contribution in [0.2, 0.25) is 0 Å². The van der Waals surface area contributed by atoms with Crippen LogP contribution in [0.1, 0.15) is 19.4 Å². The fraction of sp³-hybridized carbons (Fsp3) is 0.158. The van der Waals surface area contributed by atoms with Gasteiger partial charge in [0.1, 0.15) is 5.75 Å². The minimum absolute atomic E-state index is 0.136. The molecule has 0 bridgehead atoms. The summed E-state index contributed by atoms with van der Waals surface area (Å²) in [5.41, 5.74) is 2.18. The number of para-hydroxylation sites is 1. The summed E-state index contributed by atoms with van der Waals surface area (Å²) in [7, 11) is 0. The second kappa shape index (κ2) is 8.53. The molecule has 0 aliphatic heterocycles. The Morgan fingerprint density at radius 2 is 1.62 bits per heavy atom. The minimum Gasteiger partial charge on any atom is -0.493 e. The zero-order valence-corrected chi connectivity index (χ0v) is 13.7. The van der Waals surface area contributed by atoms with Gasteiger partial charge in [-0.05, 0) is 43.3 Å². The number of benzene rings is 2. The Morgan fingerprint density at radius 1 is 1.00 bits per heavy atom. The average molecular weight is 324 g/mol. The molecule has 2 aromatic carbocycles. The van der Waals surface area contributed by atoms with Gasteiger partial charge in [0.25, 0.3) is 0 Å². The van der Waals surface area contributed by atoms with Gasteiger partial charge >= 0.3 is 0 Å². The first kappa shape index (κ1) is 17.3. The van der Waals surface area contributed by atoms with Gasteiger partial charge in [0.05, 0.1) is 6.61 Å². The molecule has 0 atom stereocenters. The normalized spacial score (nSPS) is 10.4. The lowest BCUT2D eigenvalue weighted by molar-refractivity contribution is -0.114. The number of nitrogens with one attached hydrogen (secondary N) is 2. The first-order chi connectivity index (χ1) is 11.6. The largest absolute Gasteiger partial charge is 0.493 e. The second-order valence-electron chi connectivity index (χ2n) is 5.05. The van der Waals surface area contributed by atoms with Crippen LogP contribution < -0.4 is 15.4 Å². The maximum Gasteiger partial charge on any atom is 0.248 e. The van der Waals surface area contributed by atoms with Gasteiger partial charge in [-0.2, -0.15) is 0 Å². The summed E-state index contributed by atoms with van der Waals surface area (Å²) in [4.78, 5) is 23.0. The quantitative estimate of drug-likeness (QED) is 0.796. The molecule has 5 heteroatoms. The van der Waals surface area contributed by atoms with Crippen molar-refractivity contribution >= 4 is 29.3 Å². The van der Waals surface area contributed by atoms with Crippen molar-refractivity contribution in [3.63, 3.8) is 0 Å². The highest BCUT2D eigenvalue weighted by atomic mass is 16.5. The van der Waals surface area contributed by atoms with E-state index in [9.17, 15) is 9.59 Å². The third kappa shape index (κ3) is 5.28. The summed E-state index contributed by atoms with van der Waals surface area (Å²) in [6.07, 6.45) is 3.17. The Balaban J connectivity index is 1.99. The molecule has 2 rings (SSSR count). The summed E-state index contributed by atoms with van der Waals surface area (Å²) in [5.74, 6) is 0.361. The summed E-state index contributed by atoms with van der Waals surface area (Å²) < 4.78 is 5.51. The number of hydrogen-bond acceptors (Lipinski definition) is 3. The third-order valence-electron chi connectivity index (χ3n) is 3.11. The van der Waals surface area contributed by atoms with E-state index in [1.165, 1.54) is 13.0 Å². The topological polar surface area (TPSA) is 67.4 Å². The van der Waals surface area contributed by atoms with Crippen molar-refractivity contribution in [2.45, 2.75) is 13.8 Å². The maximum absolute atomic E-state index is 12.0.